The zero-order chi connectivity index (χ0) is 14.4. The zero-order valence-electron chi connectivity index (χ0n) is 12.2. The third kappa shape index (κ3) is 3.93. The summed E-state index contributed by atoms with van der Waals surface area (Å²) in [6.07, 6.45) is 5.18. The fourth-order valence-electron chi connectivity index (χ4n) is 2.34. The average Bonchev–Trinajstić information content (AvgIpc) is 2.47. The van der Waals surface area contributed by atoms with Crippen LogP contribution in [0.5, 0.6) is 5.88 Å². The summed E-state index contributed by atoms with van der Waals surface area (Å²) in [5.74, 6) is 0.204. The van der Waals surface area contributed by atoms with Crippen molar-refractivity contribution < 1.29 is 14.3 Å². The molecule has 1 aromatic heterocycles. The maximum Gasteiger partial charge on any atom is 0.339 e. The minimum absolute atomic E-state index is 0.349. The summed E-state index contributed by atoms with van der Waals surface area (Å²) >= 11 is 0. The average molecular weight is 278 g/mol. The number of piperidine rings is 1. The Kier molecular flexibility index (Phi) is 5.35. The molecule has 0 bridgehead atoms. The van der Waals surface area contributed by atoms with Crippen LogP contribution >= 0.6 is 0 Å². The van der Waals surface area contributed by atoms with Crippen molar-refractivity contribution >= 4 is 5.97 Å². The number of pyridine rings is 1. The molecule has 0 aliphatic carbocycles. The summed E-state index contributed by atoms with van der Waals surface area (Å²) in [4.78, 5) is 18.0. The van der Waals surface area contributed by atoms with Gasteiger partial charge in [0.2, 0.25) is 5.88 Å². The maximum absolute atomic E-state index is 11.5. The predicted octanol–water partition coefficient (Wildman–Crippen LogP) is 2.12. The molecule has 0 N–H and O–H groups in total. The van der Waals surface area contributed by atoms with Gasteiger partial charge >= 0.3 is 5.97 Å². The molecule has 0 spiro atoms. The van der Waals surface area contributed by atoms with Gasteiger partial charge in [-0.3, -0.25) is 0 Å². The number of carbonyl (C=O) groups is 1. The van der Waals surface area contributed by atoms with Crippen LogP contribution in [0.1, 0.15) is 36.5 Å². The lowest BCUT2D eigenvalue weighted by molar-refractivity contribution is 0.0525. The topological polar surface area (TPSA) is 51.7 Å². The van der Waals surface area contributed by atoms with E-state index in [0.717, 1.165) is 13.0 Å². The van der Waals surface area contributed by atoms with Gasteiger partial charge in [-0.25, -0.2) is 9.78 Å². The molecular formula is C15H22N2O3. The van der Waals surface area contributed by atoms with E-state index in [0.29, 0.717) is 30.7 Å². The number of ether oxygens (including phenoxy) is 2. The molecule has 2 rings (SSSR count). The van der Waals surface area contributed by atoms with Crippen LogP contribution in [0.3, 0.4) is 0 Å². The van der Waals surface area contributed by atoms with Crippen molar-refractivity contribution in [1.29, 1.82) is 0 Å². The van der Waals surface area contributed by atoms with Crippen LogP contribution in [0.25, 0.3) is 0 Å². The second-order valence-electron chi connectivity index (χ2n) is 5.05. The monoisotopic (exact) mass is 278 g/mol. The third-order valence-corrected chi connectivity index (χ3v) is 3.59. The second-order valence-corrected chi connectivity index (χ2v) is 5.05. The largest absolute Gasteiger partial charge is 0.476 e. The number of esters is 1. The summed E-state index contributed by atoms with van der Waals surface area (Å²) < 4.78 is 10.6. The molecular weight excluding hydrogens is 256 g/mol. The lowest BCUT2D eigenvalue weighted by Crippen LogP contribution is -2.40. The molecule has 0 amide bonds. The van der Waals surface area contributed by atoms with Crippen LogP contribution in [0, 0.1) is 0 Å². The molecule has 110 valence electrons. The second kappa shape index (κ2) is 7.24. The maximum atomic E-state index is 11.5. The first-order valence-electron chi connectivity index (χ1n) is 7.17. The molecule has 0 saturated carbocycles. The molecule has 5 heteroatoms. The number of likely N-dealkylation sites (tertiary alicyclic amines) is 1. The van der Waals surface area contributed by atoms with E-state index in [1.165, 1.54) is 19.0 Å². The van der Waals surface area contributed by atoms with Gasteiger partial charge in [-0.15, -0.1) is 0 Å². The van der Waals surface area contributed by atoms with Gasteiger partial charge in [0.05, 0.1) is 12.2 Å². The smallest absolute Gasteiger partial charge is 0.339 e. The molecule has 5 nitrogen and oxygen atoms in total. The minimum Gasteiger partial charge on any atom is -0.476 e. The number of nitrogens with zero attached hydrogens (tertiary/aromatic N) is 2. The number of aromatic nitrogens is 1. The summed E-state index contributed by atoms with van der Waals surface area (Å²) in [7, 11) is 2.13. The van der Waals surface area contributed by atoms with E-state index in [1.54, 1.807) is 19.1 Å². The Morgan fingerprint density at radius 3 is 2.95 bits per heavy atom. The molecule has 1 aliphatic rings. The van der Waals surface area contributed by atoms with Crippen molar-refractivity contribution in [2.24, 2.45) is 0 Å². The molecule has 20 heavy (non-hydrogen) atoms. The van der Waals surface area contributed by atoms with Gasteiger partial charge in [-0.2, -0.15) is 0 Å². The number of hydrogen-bond donors (Lipinski definition) is 0. The highest BCUT2D eigenvalue weighted by molar-refractivity contribution is 5.89. The van der Waals surface area contributed by atoms with Crippen molar-refractivity contribution in [3.8, 4) is 5.88 Å². The van der Waals surface area contributed by atoms with Gasteiger partial charge < -0.3 is 14.4 Å². The van der Waals surface area contributed by atoms with Crippen LogP contribution < -0.4 is 4.74 Å². The Morgan fingerprint density at radius 2 is 2.30 bits per heavy atom. The van der Waals surface area contributed by atoms with Crippen molar-refractivity contribution in [3.05, 3.63) is 23.9 Å². The summed E-state index contributed by atoms with van der Waals surface area (Å²) in [6.45, 7) is 3.92. The lowest BCUT2D eigenvalue weighted by atomic mass is 10.0. The SMILES string of the molecule is CCOC(=O)c1ccc(OCC2CCCCN2C)nc1. The highest BCUT2D eigenvalue weighted by Gasteiger charge is 2.19. The van der Waals surface area contributed by atoms with E-state index in [4.69, 9.17) is 9.47 Å². The molecule has 1 saturated heterocycles. The summed E-state index contributed by atoms with van der Waals surface area (Å²) in [6, 6.07) is 3.86. The molecule has 1 aromatic rings. The van der Waals surface area contributed by atoms with E-state index in [9.17, 15) is 4.79 Å². The fourth-order valence-corrected chi connectivity index (χ4v) is 2.34. The van der Waals surface area contributed by atoms with Gasteiger partial charge in [0.1, 0.15) is 6.61 Å². The third-order valence-electron chi connectivity index (χ3n) is 3.59. The Bertz CT molecular complexity index is 433. The number of hydrogen-bond acceptors (Lipinski definition) is 5. The highest BCUT2D eigenvalue weighted by atomic mass is 16.5. The first kappa shape index (κ1) is 14.8. The van der Waals surface area contributed by atoms with E-state index in [-0.39, 0.29) is 5.97 Å². The molecule has 0 aromatic carbocycles. The van der Waals surface area contributed by atoms with Gasteiger partial charge in [0.25, 0.3) is 0 Å². The number of carbonyl (C=O) groups excluding carboxylic acids is 1. The molecule has 1 unspecified atom stereocenters. The Hall–Kier alpha value is -1.62. The van der Waals surface area contributed by atoms with Crippen LogP contribution in [0.4, 0.5) is 0 Å². The standard InChI is InChI=1S/C15H22N2O3/c1-3-19-15(18)12-7-8-14(16-10-12)20-11-13-6-4-5-9-17(13)2/h7-8,10,13H,3-6,9,11H2,1-2H3. The van der Waals surface area contributed by atoms with Crippen molar-refractivity contribution in [2.45, 2.75) is 32.2 Å². The van der Waals surface area contributed by atoms with Crippen molar-refractivity contribution in [2.75, 3.05) is 26.8 Å². The first-order valence-corrected chi connectivity index (χ1v) is 7.17. The van der Waals surface area contributed by atoms with Crippen LogP contribution in [0.15, 0.2) is 18.3 Å². The van der Waals surface area contributed by atoms with Crippen LogP contribution in [0.2, 0.25) is 0 Å². The normalized spacial score (nSPS) is 19.6. The van der Waals surface area contributed by atoms with Crippen molar-refractivity contribution in [1.82, 2.24) is 9.88 Å². The minimum atomic E-state index is -0.349. The van der Waals surface area contributed by atoms with Crippen LogP contribution in [-0.4, -0.2) is 48.7 Å². The molecule has 0 radical (unpaired) electrons. The van der Waals surface area contributed by atoms with Crippen molar-refractivity contribution in [3.63, 3.8) is 0 Å². The summed E-state index contributed by atoms with van der Waals surface area (Å²) in [5, 5.41) is 0. The predicted molar refractivity (Wildman–Crippen MR) is 76.0 cm³/mol. The first-order chi connectivity index (χ1) is 9.70. The Labute approximate surface area is 119 Å². The van der Waals surface area contributed by atoms with E-state index < -0.39 is 0 Å². The Morgan fingerprint density at radius 1 is 1.45 bits per heavy atom. The van der Waals surface area contributed by atoms with E-state index in [2.05, 4.69) is 16.9 Å². The quantitative estimate of drug-likeness (QED) is 0.772. The summed E-state index contributed by atoms with van der Waals surface area (Å²) in [5.41, 5.74) is 0.453. The number of rotatable bonds is 5. The fraction of sp³-hybridized carbons (Fsp3) is 0.600. The van der Waals surface area contributed by atoms with Gasteiger partial charge in [-0.05, 0) is 39.4 Å². The van der Waals surface area contributed by atoms with Gasteiger partial charge in [-0.1, -0.05) is 6.42 Å². The van der Waals surface area contributed by atoms with Crippen LogP contribution in [-0.2, 0) is 4.74 Å². The Balaban J connectivity index is 1.85. The van der Waals surface area contributed by atoms with Gasteiger partial charge in [0, 0.05) is 18.3 Å². The lowest BCUT2D eigenvalue weighted by Gasteiger charge is -2.31. The molecule has 1 fully saturated rings. The van der Waals surface area contributed by atoms with E-state index >= 15 is 0 Å². The zero-order valence-corrected chi connectivity index (χ0v) is 12.2. The highest BCUT2D eigenvalue weighted by Crippen LogP contribution is 2.16. The van der Waals surface area contributed by atoms with Gasteiger partial charge in [0.15, 0.2) is 0 Å². The molecule has 2 heterocycles. The number of likely N-dealkylation sites (N-methyl/N-ethyl adjacent to an activating group) is 1. The van der Waals surface area contributed by atoms with E-state index in [1.807, 2.05) is 0 Å². The molecule has 1 aliphatic heterocycles. The molecule has 1 atom stereocenters.